The quantitative estimate of drug-likeness (QED) is 0.0844. The van der Waals surface area contributed by atoms with Crippen molar-refractivity contribution in [1.29, 1.82) is 0 Å². The van der Waals surface area contributed by atoms with E-state index in [1.165, 1.54) is 18.2 Å². The lowest BCUT2D eigenvalue weighted by molar-refractivity contribution is -0.120. The number of carbonyl (C=O) groups is 7. The molecule has 11 nitrogen and oxygen atoms in total. The molecule has 0 saturated carbocycles. The maximum absolute atomic E-state index is 13.8. The van der Waals surface area contributed by atoms with Crippen LogP contribution in [-0.4, -0.2) is 64.2 Å². The number of ketones is 2. The van der Waals surface area contributed by atoms with Gasteiger partial charge in [-0.2, -0.15) is 0 Å². The number of benzene rings is 4. The summed E-state index contributed by atoms with van der Waals surface area (Å²) in [4.78, 5) is 101. The summed E-state index contributed by atoms with van der Waals surface area (Å²) in [6, 6.07) is 23.2. The van der Waals surface area contributed by atoms with Gasteiger partial charge in [0.2, 0.25) is 0 Å². The topological polar surface area (TPSA) is 148 Å². The summed E-state index contributed by atoms with van der Waals surface area (Å²) in [6.07, 6.45) is 2.96. The van der Waals surface area contributed by atoms with Gasteiger partial charge >= 0.3 is 5.97 Å². The van der Waals surface area contributed by atoms with Gasteiger partial charge in [0.05, 0.1) is 29.1 Å². The Bertz CT molecular complexity index is 2510. The van der Waals surface area contributed by atoms with Crippen molar-refractivity contribution in [2.24, 2.45) is 0 Å². The third-order valence-corrected chi connectivity index (χ3v) is 10.6. The number of para-hydroxylation sites is 1. The molecule has 11 heteroatoms. The van der Waals surface area contributed by atoms with E-state index in [-0.39, 0.29) is 53.8 Å². The number of nitrogens with zero attached hydrogens (tertiary/aromatic N) is 3. The minimum absolute atomic E-state index is 0.0356. The predicted octanol–water partition coefficient (Wildman–Crippen LogP) is 6.14. The first-order chi connectivity index (χ1) is 25.7. The first kappa shape index (κ1) is 32.3. The van der Waals surface area contributed by atoms with Crippen LogP contribution < -0.4 is 4.90 Å². The number of hydrogen-bond acceptors (Lipinski definition) is 9. The number of Topliss-reactive ketones (excluding diaryl/α,β-unsaturated/α-hetero) is 2. The number of pyridine rings is 1. The van der Waals surface area contributed by atoms with E-state index in [1.54, 1.807) is 54.6 Å². The van der Waals surface area contributed by atoms with Crippen molar-refractivity contribution in [2.45, 2.75) is 38.0 Å². The van der Waals surface area contributed by atoms with Crippen molar-refractivity contribution in [3.8, 4) is 0 Å². The van der Waals surface area contributed by atoms with Gasteiger partial charge in [0.15, 0.2) is 11.6 Å². The van der Waals surface area contributed by atoms with Crippen LogP contribution in [0.4, 0.5) is 5.69 Å². The van der Waals surface area contributed by atoms with E-state index in [1.807, 2.05) is 12.1 Å². The average molecular weight is 704 g/mol. The number of imide groups is 2. The van der Waals surface area contributed by atoms with Gasteiger partial charge in [-0.05, 0) is 80.0 Å². The van der Waals surface area contributed by atoms with Gasteiger partial charge < -0.3 is 4.74 Å². The van der Waals surface area contributed by atoms with E-state index >= 15 is 0 Å². The Hall–Kier alpha value is -6.62. The molecule has 0 spiro atoms. The summed E-state index contributed by atoms with van der Waals surface area (Å²) in [5, 5.41) is 2.07. The van der Waals surface area contributed by atoms with E-state index in [0.29, 0.717) is 57.1 Å². The van der Waals surface area contributed by atoms with Gasteiger partial charge in [-0.1, -0.05) is 42.5 Å². The Morgan fingerprint density at radius 3 is 2.02 bits per heavy atom. The zero-order valence-electron chi connectivity index (χ0n) is 28.2. The molecule has 0 radical (unpaired) electrons. The largest absolute Gasteiger partial charge is 0.462 e. The number of hydrogen-bond donors (Lipinski definition) is 0. The summed E-state index contributed by atoms with van der Waals surface area (Å²) in [7, 11) is 0. The number of carbonyl (C=O) groups excluding carboxylic acids is 7. The second-order valence-corrected chi connectivity index (χ2v) is 13.6. The van der Waals surface area contributed by atoms with Crippen LogP contribution in [0.15, 0.2) is 96.1 Å². The Labute approximate surface area is 301 Å². The van der Waals surface area contributed by atoms with Crippen molar-refractivity contribution in [1.82, 2.24) is 9.88 Å². The fraction of sp³-hybridized carbons (Fsp3) is 0.190. The van der Waals surface area contributed by atoms with Crippen LogP contribution >= 0.6 is 0 Å². The van der Waals surface area contributed by atoms with Crippen LogP contribution in [0.2, 0.25) is 0 Å². The maximum Gasteiger partial charge on any atom is 0.338 e. The summed E-state index contributed by atoms with van der Waals surface area (Å²) >= 11 is 0. The molecule has 1 atom stereocenters. The SMILES string of the molecule is O=C(OCCCN1C(=O)c2cccc3cccc(c23)C1=O)c1ccc2c(c1)C(=O)C(c1ccc3cccc(N4C(=O)C5=C(CCCC5)C4=O)c3n1)C2=O. The molecule has 9 rings (SSSR count). The Kier molecular flexibility index (Phi) is 7.47. The second kappa shape index (κ2) is 12.3. The Balaban J connectivity index is 0.902. The van der Waals surface area contributed by atoms with Crippen molar-refractivity contribution in [3.05, 3.63) is 130 Å². The van der Waals surface area contributed by atoms with Gasteiger partial charge in [0.25, 0.3) is 23.6 Å². The van der Waals surface area contributed by atoms with Gasteiger partial charge in [0.1, 0.15) is 5.92 Å². The summed E-state index contributed by atoms with van der Waals surface area (Å²) in [5.41, 5.74) is 3.01. The highest BCUT2D eigenvalue weighted by molar-refractivity contribution is 6.35. The van der Waals surface area contributed by atoms with Crippen LogP contribution in [-0.2, 0) is 14.3 Å². The number of amides is 4. The molecule has 4 amide bonds. The number of anilines is 1. The number of ether oxygens (including phenoxy) is 1. The smallest absolute Gasteiger partial charge is 0.338 e. The zero-order chi connectivity index (χ0) is 36.5. The van der Waals surface area contributed by atoms with Crippen LogP contribution in [0.25, 0.3) is 21.7 Å². The third kappa shape index (κ3) is 4.95. The Morgan fingerprint density at radius 1 is 0.679 bits per heavy atom. The van der Waals surface area contributed by atoms with E-state index in [4.69, 9.17) is 9.72 Å². The van der Waals surface area contributed by atoms with Crippen LogP contribution in [0.1, 0.15) is 95.5 Å². The fourth-order valence-corrected chi connectivity index (χ4v) is 7.99. The van der Waals surface area contributed by atoms with E-state index in [2.05, 4.69) is 0 Å². The monoisotopic (exact) mass is 703 g/mol. The zero-order valence-corrected chi connectivity index (χ0v) is 28.2. The molecule has 4 aliphatic rings. The molecule has 0 fully saturated rings. The Morgan fingerprint density at radius 2 is 1.32 bits per heavy atom. The van der Waals surface area contributed by atoms with Gasteiger partial charge in [0, 0.05) is 50.7 Å². The molecule has 0 saturated heterocycles. The van der Waals surface area contributed by atoms with Crippen LogP contribution in [0.5, 0.6) is 0 Å². The normalized spacial score (nSPS) is 18.1. The molecule has 3 heterocycles. The van der Waals surface area contributed by atoms with Crippen molar-refractivity contribution in [2.75, 3.05) is 18.1 Å². The highest BCUT2D eigenvalue weighted by Gasteiger charge is 2.43. The molecular weight excluding hydrogens is 674 g/mol. The molecular formula is C42H29N3O8. The highest BCUT2D eigenvalue weighted by atomic mass is 16.5. The number of fused-ring (bicyclic) bond motifs is 2. The summed E-state index contributed by atoms with van der Waals surface area (Å²) in [5.74, 6) is -4.56. The first-order valence-corrected chi connectivity index (χ1v) is 17.5. The molecule has 1 unspecified atom stereocenters. The lowest BCUT2D eigenvalue weighted by Crippen LogP contribution is -2.41. The van der Waals surface area contributed by atoms with E-state index < -0.39 is 35.3 Å². The number of rotatable bonds is 7. The third-order valence-electron chi connectivity index (χ3n) is 10.6. The minimum atomic E-state index is -1.28. The molecule has 0 N–H and O–H groups in total. The minimum Gasteiger partial charge on any atom is -0.462 e. The first-order valence-electron chi connectivity index (χ1n) is 17.5. The van der Waals surface area contributed by atoms with Gasteiger partial charge in [-0.25, -0.2) is 14.7 Å². The fourth-order valence-electron chi connectivity index (χ4n) is 7.99. The average Bonchev–Trinajstić information content (AvgIpc) is 3.59. The lowest BCUT2D eigenvalue weighted by atomic mass is 9.93. The second-order valence-electron chi connectivity index (χ2n) is 13.6. The van der Waals surface area contributed by atoms with Crippen molar-refractivity contribution >= 4 is 68.5 Å². The highest BCUT2D eigenvalue weighted by Crippen LogP contribution is 2.40. The maximum atomic E-state index is 13.8. The number of aromatic nitrogens is 1. The van der Waals surface area contributed by atoms with E-state index in [9.17, 15) is 33.6 Å². The molecule has 0 bridgehead atoms. The lowest BCUT2D eigenvalue weighted by Gasteiger charge is -2.27. The summed E-state index contributed by atoms with van der Waals surface area (Å²) < 4.78 is 5.45. The van der Waals surface area contributed by atoms with Gasteiger partial charge in [-0.3, -0.25) is 33.7 Å². The number of esters is 1. The molecule has 1 aromatic heterocycles. The standard InChI is InChI=1S/C42H29N3O8/c46-36-25-17-15-24(42(52)53-20-6-19-44-38(48)28-12-3-7-22-8-4-13-29(33(22)28)39(44)49)21-30(25)37(47)34(36)31-18-16-23-9-5-14-32(35(23)43-31)45-40(50)26-10-1-2-11-27(26)41(45)51/h3-5,7-9,12-18,21,34H,1-2,6,10-11,19-20H2. The molecule has 2 aliphatic carbocycles. The van der Waals surface area contributed by atoms with Crippen LogP contribution in [0.3, 0.4) is 0 Å². The molecule has 53 heavy (non-hydrogen) atoms. The molecule has 2 aliphatic heterocycles. The summed E-state index contributed by atoms with van der Waals surface area (Å²) in [6.45, 7) is -0.0634. The van der Waals surface area contributed by atoms with Crippen molar-refractivity contribution < 1.29 is 38.3 Å². The molecule has 5 aromatic rings. The van der Waals surface area contributed by atoms with E-state index in [0.717, 1.165) is 28.0 Å². The molecule has 4 aromatic carbocycles. The predicted molar refractivity (Wildman–Crippen MR) is 192 cm³/mol. The van der Waals surface area contributed by atoms with Crippen LogP contribution in [0, 0.1) is 0 Å². The van der Waals surface area contributed by atoms with Gasteiger partial charge in [-0.15, -0.1) is 0 Å². The van der Waals surface area contributed by atoms with Crippen molar-refractivity contribution in [3.63, 3.8) is 0 Å². The molecule has 260 valence electrons.